The summed E-state index contributed by atoms with van der Waals surface area (Å²) in [6, 6.07) is 9.66. The average molecular weight is 194 g/mol. The second-order valence-electron chi connectivity index (χ2n) is 2.65. The Morgan fingerprint density at radius 1 is 1.23 bits per heavy atom. The van der Waals surface area contributed by atoms with E-state index in [1.165, 1.54) is 0 Å². The van der Waals surface area contributed by atoms with E-state index in [1.54, 1.807) is 0 Å². The number of H-pyrrole nitrogens is 1. The number of aromatic nitrogens is 2. The summed E-state index contributed by atoms with van der Waals surface area (Å²) in [6.45, 7) is 0. The predicted molar refractivity (Wildman–Crippen MR) is 53.4 cm³/mol. The number of anilines is 1. The number of imidazole rings is 1. The van der Waals surface area contributed by atoms with Gasteiger partial charge in [-0.1, -0.05) is 41.9 Å². The molecule has 0 aliphatic heterocycles. The molecule has 0 atom stereocenters. The zero-order valence-electron chi connectivity index (χ0n) is 6.79. The third-order valence-electron chi connectivity index (χ3n) is 1.73. The number of nitrogens with zero attached hydrogens (tertiary/aromatic N) is 1. The van der Waals surface area contributed by atoms with Gasteiger partial charge < -0.3 is 10.7 Å². The number of nitrogen functional groups attached to an aromatic ring is 1. The number of benzene rings is 1. The van der Waals surface area contributed by atoms with Crippen molar-refractivity contribution in [2.45, 2.75) is 0 Å². The Hall–Kier alpha value is -1.48. The van der Waals surface area contributed by atoms with Gasteiger partial charge in [0.05, 0.1) is 0 Å². The van der Waals surface area contributed by atoms with Crippen molar-refractivity contribution < 1.29 is 0 Å². The molecule has 0 amide bonds. The molecule has 2 aromatic rings. The summed E-state index contributed by atoms with van der Waals surface area (Å²) < 4.78 is 0. The van der Waals surface area contributed by atoms with Gasteiger partial charge in [0.25, 0.3) is 0 Å². The van der Waals surface area contributed by atoms with Crippen LogP contribution >= 0.6 is 11.6 Å². The van der Waals surface area contributed by atoms with Crippen LogP contribution in [-0.2, 0) is 0 Å². The maximum Gasteiger partial charge on any atom is 0.199 e. The molecule has 0 spiro atoms. The van der Waals surface area contributed by atoms with Gasteiger partial charge >= 0.3 is 0 Å². The molecule has 0 saturated carbocycles. The van der Waals surface area contributed by atoms with Gasteiger partial charge in [0.15, 0.2) is 5.95 Å². The van der Waals surface area contributed by atoms with Gasteiger partial charge in [-0.2, -0.15) is 0 Å². The molecule has 0 unspecified atom stereocenters. The first-order valence-electron chi connectivity index (χ1n) is 3.84. The quantitative estimate of drug-likeness (QED) is 0.730. The minimum Gasteiger partial charge on any atom is -0.369 e. The zero-order chi connectivity index (χ0) is 9.26. The third kappa shape index (κ3) is 1.51. The maximum atomic E-state index is 5.88. The highest BCUT2D eigenvalue weighted by molar-refractivity contribution is 6.32. The molecular weight excluding hydrogens is 186 g/mol. The van der Waals surface area contributed by atoms with Crippen LogP contribution in [0.1, 0.15) is 0 Å². The van der Waals surface area contributed by atoms with E-state index in [1.807, 2.05) is 30.3 Å². The van der Waals surface area contributed by atoms with Crippen molar-refractivity contribution in [2.75, 3.05) is 5.73 Å². The highest BCUT2D eigenvalue weighted by atomic mass is 35.5. The van der Waals surface area contributed by atoms with E-state index in [0.29, 0.717) is 16.8 Å². The van der Waals surface area contributed by atoms with Crippen LogP contribution in [0.2, 0.25) is 5.15 Å². The molecule has 0 bridgehead atoms. The molecule has 0 radical (unpaired) electrons. The third-order valence-corrected chi connectivity index (χ3v) is 2.00. The Balaban J connectivity index is 2.53. The Morgan fingerprint density at radius 2 is 1.92 bits per heavy atom. The maximum absolute atomic E-state index is 5.88. The van der Waals surface area contributed by atoms with Gasteiger partial charge in [-0.25, -0.2) is 4.98 Å². The summed E-state index contributed by atoms with van der Waals surface area (Å²) in [5.74, 6) is 0.337. The number of rotatable bonds is 1. The Labute approximate surface area is 80.6 Å². The minimum atomic E-state index is 0.337. The number of hydrogen-bond donors (Lipinski definition) is 2. The fourth-order valence-electron chi connectivity index (χ4n) is 1.16. The summed E-state index contributed by atoms with van der Waals surface area (Å²) in [4.78, 5) is 6.81. The van der Waals surface area contributed by atoms with Crippen LogP contribution in [0.4, 0.5) is 5.95 Å². The van der Waals surface area contributed by atoms with Crippen LogP contribution in [-0.4, -0.2) is 9.97 Å². The van der Waals surface area contributed by atoms with Crippen LogP contribution in [0, 0.1) is 0 Å². The molecule has 2 rings (SSSR count). The van der Waals surface area contributed by atoms with Crippen molar-refractivity contribution in [3.8, 4) is 11.3 Å². The minimum absolute atomic E-state index is 0.337. The highest BCUT2D eigenvalue weighted by Crippen LogP contribution is 2.25. The van der Waals surface area contributed by atoms with E-state index < -0.39 is 0 Å². The highest BCUT2D eigenvalue weighted by Gasteiger charge is 2.07. The summed E-state index contributed by atoms with van der Waals surface area (Å²) in [6.07, 6.45) is 0. The second kappa shape index (κ2) is 3.11. The molecule has 0 saturated heterocycles. The molecule has 1 aromatic heterocycles. The van der Waals surface area contributed by atoms with Gasteiger partial charge in [-0.05, 0) is 0 Å². The van der Waals surface area contributed by atoms with Crippen molar-refractivity contribution >= 4 is 17.5 Å². The van der Waals surface area contributed by atoms with E-state index in [0.717, 1.165) is 5.56 Å². The first kappa shape index (κ1) is 8.13. The average Bonchev–Trinajstić information content (AvgIpc) is 2.47. The Morgan fingerprint density at radius 3 is 2.46 bits per heavy atom. The molecular formula is C9H8ClN3. The van der Waals surface area contributed by atoms with Crippen molar-refractivity contribution in [1.29, 1.82) is 0 Å². The Bertz CT molecular complexity index is 408. The standard InChI is InChI=1S/C9H8ClN3/c10-8-7(12-9(11)13-8)6-4-2-1-3-5-6/h1-5H,(H3,11,12,13). The van der Waals surface area contributed by atoms with Crippen LogP contribution in [0.3, 0.4) is 0 Å². The topological polar surface area (TPSA) is 54.7 Å². The van der Waals surface area contributed by atoms with E-state index in [-0.39, 0.29) is 0 Å². The molecule has 1 aromatic carbocycles. The molecule has 0 fully saturated rings. The fraction of sp³-hybridized carbons (Fsp3) is 0. The van der Waals surface area contributed by atoms with Crippen LogP contribution < -0.4 is 5.73 Å². The first-order valence-corrected chi connectivity index (χ1v) is 4.21. The van der Waals surface area contributed by atoms with Crippen molar-refractivity contribution in [3.63, 3.8) is 0 Å². The molecule has 1 heterocycles. The Kier molecular flexibility index (Phi) is 1.94. The predicted octanol–water partition coefficient (Wildman–Crippen LogP) is 2.31. The van der Waals surface area contributed by atoms with Gasteiger partial charge in [0.2, 0.25) is 0 Å². The molecule has 3 nitrogen and oxygen atoms in total. The molecule has 13 heavy (non-hydrogen) atoms. The normalized spacial score (nSPS) is 10.2. The smallest absolute Gasteiger partial charge is 0.199 e. The van der Waals surface area contributed by atoms with E-state index >= 15 is 0 Å². The lowest BCUT2D eigenvalue weighted by Gasteiger charge is -1.94. The van der Waals surface area contributed by atoms with E-state index in [2.05, 4.69) is 9.97 Å². The van der Waals surface area contributed by atoms with Gasteiger partial charge in [-0.3, -0.25) is 0 Å². The lowest BCUT2D eigenvalue weighted by Crippen LogP contribution is -1.85. The van der Waals surface area contributed by atoms with Crippen LogP contribution in [0.5, 0.6) is 0 Å². The van der Waals surface area contributed by atoms with Gasteiger partial charge in [0, 0.05) is 5.56 Å². The number of halogens is 1. The van der Waals surface area contributed by atoms with Crippen molar-refractivity contribution in [2.24, 2.45) is 0 Å². The summed E-state index contributed by atoms with van der Waals surface area (Å²) in [5.41, 5.74) is 7.12. The van der Waals surface area contributed by atoms with Crippen molar-refractivity contribution in [3.05, 3.63) is 35.5 Å². The fourth-order valence-corrected chi connectivity index (χ4v) is 1.40. The van der Waals surface area contributed by atoms with Crippen molar-refractivity contribution in [1.82, 2.24) is 9.97 Å². The number of aromatic amines is 1. The summed E-state index contributed by atoms with van der Waals surface area (Å²) >= 11 is 5.88. The lowest BCUT2D eigenvalue weighted by atomic mass is 10.2. The monoisotopic (exact) mass is 193 g/mol. The second-order valence-corrected chi connectivity index (χ2v) is 3.03. The molecule has 0 aliphatic carbocycles. The summed E-state index contributed by atoms with van der Waals surface area (Å²) in [5, 5.41) is 0.476. The first-order chi connectivity index (χ1) is 6.27. The summed E-state index contributed by atoms with van der Waals surface area (Å²) in [7, 11) is 0. The lowest BCUT2D eigenvalue weighted by molar-refractivity contribution is 1.33. The zero-order valence-corrected chi connectivity index (χ0v) is 7.55. The van der Waals surface area contributed by atoms with Gasteiger partial charge in [-0.15, -0.1) is 0 Å². The largest absolute Gasteiger partial charge is 0.369 e. The molecule has 3 N–H and O–H groups in total. The van der Waals surface area contributed by atoms with Crippen LogP contribution in [0.15, 0.2) is 30.3 Å². The van der Waals surface area contributed by atoms with E-state index in [4.69, 9.17) is 17.3 Å². The SMILES string of the molecule is Nc1nc(-c2ccccc2)c(Cl)[nH]1. The molecule has 66 valence electrons. The van der Waals surface area contributed by atoms with E-state index in [9.17, 15) is 0 Å². The molecule has 4 heteroatoms. The van der Waals surface area contributed by atoms with Gasteiger partial charge in [0.1, 0.15) is 10.8 Å². The number of nitrogens with two attached hydrogens (primary N) is 1. The number of hydrogen-bond acceptors (Lipinski definition) is 2. The number of nitrogens with one attached hydrogen (secondary N) is 1. The molecule has 0 aliphatic rings. The van der Waals surface area contributed by atoms with Crippen LogP contribution in [0.25, 0.3) is 11.3 Å².